The van der Waals surface area contributed by atoms with Crippen LogP contribution in [0.2, 0.25) is 0 Å². The molecule has 0 aliphatic carbocycles. The van der Waals surface area contributed by atoms with Gasteiger partial charge in [0.15, 0.2) is 0 Å². The molecule has 0 aromatic carbocycles. The predicted molar refractivity (Wildman–Crippen MR) is 82.8 cm³/mol. The maximum atomic E-state index is 3.48. The first-order valence-corrected chi connectivity index (χ1v) is 8.15. The average Bonchev–Trinajstić information content (AvgIpc) is 2.96. The first kappa shape index (κ1) is 11.7. The Morgan fingerprint density at radius 3 is 1.53 bits per heavy atom. The van der Waals surface area contributed by atoms with Gasteiger partial charge in [-0.15, -0.1) is 22.7 Å². The van der Waals surface area contributed by atoms with Gasteiger partial charge in [0.2, 0.25) is 0 Å². The highest BCUT2D eigenvalue weighted by Crippen LogP contribution is 2.35. The summed E-state index contributed by atoms with van der Waals surface area (Å²) in [6.45, 7) is 0. The molecule has 0 spiro atoms. The minimum Gasteiger partial charge on any atom is -0.353 e. The van der Waals surface area contributed by atoms with E-state index in [1.54, 1.807) is 22.7 Å². The van der Waals surface area contributed by atoms with Crippen molar-refractivity contribution >= 4 is 54.5 Å². The molecule has 0 unspecified atom stereocenters. The molecule has 5 heteroatoms. The Hall–Kier alpha value is -0.360. The molecule has 0 aliphatic rings. The van der Waals surface area contributed by atoms with E-state index in [1.165, 1.54) is 21.1 Å². The zero-order chi connectivity index (χ0) is 11.8. The van der Waals surface area contributed by atoms with Crippen LogP contribution in [0, 0.1) is 0 Å². The van der Waals surface area contributed by atoms with Crippen molar-refractivity contribution in [3.05, 3.63) is 44.0 Å². The number of thiophene rings is 2. The molecule has 1 N–H and O–H groups in total. The summed E-state index contributed by atoms with van der Waals surface area (Å²) in [6, 6.07) is 12.6. The lowest BCUT2D eigenvalue weighted by Crippen LogP contribution is -1.72. The summed E-state index contributed by atoms with van der Waals surface area (Å²) >= 11 is 10.4. The Labute approximate surface area is 124 Å². The van der Waals surface area contributed by atoms with E-state index >= 15 is 0 Å². The van der Waals surface area contributed by atoms with E-state index in [2.05, 4.69) is 73.2 Å². The smallest absolute Gasteiger partial charge is 0.0705 e. The van der Waals surface area contributed by atoms with E-state index < -0.39 is 0 Å². The first-order valence-electron chi connectivity index (χ1n) is 4.93. The minimum atomic E-state index is 1.16. The molecule has 0 fully saturated rings. The van der Waals surface area contributed by atoms with Crippen molar-refractivity contribution in [2.24, 2.45) is 0 Å². The predicted octanol–water partition coefficient (Wildman–Crippen LogP) is 6.00. The molecule has 0 bridgehead atoms. The van der Waals surface area contributed by atoms with E-state index in [1.807, 2.05) is 0 Å². The zero-order valence-electron chi connectivity index (χ0n) is 8.54. The van der Waals surface area contributed by atoms with Crippen LogP contribution in [0.15, 0.2) is 44.0 Å². The van der Waals surface area contributed by atoms with Crippen LogP contribution in [-0.2, 0) is 0 Å². The van der Waals surface area contributed by atoms with Crippen molar-refractivity contribution in [3.63, 3.8) is 0 Å². The lowest BCUT2D eigenvalue weighted by molar-refractivity contribution is 1.43. The van der Waals surface area contributed by atoms with E-state index in [9.17, 15) is 0 Å². The highest BCUT2D eigenvalue weighted by molar-refractivity contribution is 9.11. The highest BCUT2D eigenvalue weighted by atomic mass is 79.9. The number of aromatic nitrogens is 1. The van der Waals surface area contributed by atoms with E-state index in [-0.39, 0.29) is 0 Å². The van der Waals surface area contributed by atoms with E-state index in [0.29, 0.717) is 0 Å². The van der Waals surface area contributed by atoms with Gasteiger partial charge in [-0.25, -0.2) is 0 Å². The molecule has 0 aliphatic heterocycles. The number of nitrogens with one attached hydrogen (secondary N) is 1. The molecular formula is C12H7Br2NS2. The standard InChI is InChI=1S/C12H7Br2NS2/c13-11-5-3-9(16-11)7-1-2-8(15-7)10-4-6-12(14)17-10/h1-6,15H. The molecule has 0 atom stereocenters. The second-order valence-electron chi connectivity index (χ2n) is 3.49. The monoisotopic (exact) mass is 387 g/mol. The van der Waals surface area contributed by atoms with Crippen LogP contribution in [0.3, 0.4) is 0 Å². The summed E-state index contributed by atoms with van der Waals surface area (Å²) in [6.07, 6.45) is 0. The third-order valence-corrected chi connectivity index (χ3v) is 5.68. The zero-order valence-corrected chi connectivity index (χ0v) is 13.3. The number of aromatic amines is 1. The van der Waals surface area contributed by atoms with Crippen LogP contribution >= 0.6 is 54.5 Å². The largest absolute Gasteiger partial charge is 0.353 e. The van der Waals surface area contributed by atoms with Gasteiger partial charge in [-0.05, 0) is 68.3 Å². The Morgan fingerprint density at radius 2 is 1.18 bits per heavy atom. The SMILES string of the molecule is Brc1ccc(-c2ccc(-c3ccc(Br)s3)[nH]2)s1. The van der Waals surface area contributed by atoms with E-state index in [4.69, 9.17) is 0 Å². The maximum absolute atomic E-state index is 3.48. The van der Waals surface area contributed by atoms with Crippen LogP contribution in [0.5, 0.6) is 0 Å². The fraction of sp³-hybridized carbons (Fsp3) is 0. The summed E-state index contributed by atoms with van der Waals surface area (Å²) in [5.41, 5.74) is 2.33. The quantitative estimate of drug-likeness (QED) is 0.554. The Kier molecular flexibility index (Phi) is 3.25. The minimum absolute atomic E-state index is 1.16. The molecule has 0 amide bonds. The third kappa shape index (κ3) is 2.42. The molecule has 3 heterocycles. The van der Waals surface area contributed by atoms with Crippen molar-refractivity contribution in [3.8, 4) is 21.1 Å². The molecule has 0 saturated carbocycles. The van der Waals surface area contributed by atoms with Crippen LogP contribution in [0.4, 0.5) is 0 Å². The lowest BCUT2D eigenvalue weighted by Gasteiger charge is -1.93. The molecule has 3 rings (SSSR count). The molecule has 1 nitrogen and oxygen atoms in total. The maximum Gasteiger partial charge on any atom is 0.0705 e. The lowest BCUT2D eigenvalue weighted by atomic mass is 10.3. The molecule has 3 aromatic heterocycles. The third-order valence-electron chi connectivity index (χ3n) is 2.36. The fourth-order valence-electron chi connectivity index (χ4n) is 1.60. The Morgan fingerprint density at radius 1 is 0.706 bits per heavy atom. The van der Waals surface area contributed by atoms with Crippen molar-refractivity contribution in [1.29, 1.82) is 0 Å². The van der Waals surface area contributed by atoms with E-state index in [0.717, 1.165) is 7.57 Å². The van der Waals surface area contributed by atoms with Crippen LogP contribution in [-0.4, -0.2) is 4.98 Å². The average molecular weight is 389 g/mol. The number of hydrogen-bond acceptors (Lipinski definition) is 2. The highest BCUT2D eigenvalue weighted by Gasteiger charge is 2.07. The second kappa shape index (κ2) is 4.72. The molecule has 3 aromatic rings. The van der Waals surface area contributed by atoms with Crippen molar-refractivity contribution in [2.45, 2.75) is 0 Å². The molecule has 0 saturated heterocycles. The summed E-state index contributed by atoms with van der Waals surface area (Å²) < 4.78 is 2.31. The number of rotatable bonds is 2. The van der Waals surface area contributed by atoms with Gasteiger partial charge in [-0.1, -0.05) is 0 Å². The summed E-state index contributed by atoms with van der Waals surface area (Å²) in [7, 11) is 0. The van der Waals surface area contributed by atoms with Gasteiger partial charge in [-0.3, -0.25) is 0 Å². The topological polar surface area (TPSA) is 15.8 Å². The summed E-state index contributed by atoms with van der Waals surface area (Å²) in [4.78, 5) is 5.95. The summed E-state index contributed by atoms with van der Waals surface area (Å²) in [5, 5.41) is 0. The van der Waals surface area contributed by atoms with Gasteiger partial charge in [-0.2, -0.15) is 0 Å². The molecular weight excluding hydrogens is 382 g/mol. The van der Waals surface area contributed by atoms with Gasteiger partial charge in [0.25, 0.3) is 0 Å². The Balaban J connectivity index is 1.98. The Bertz CT molecular complexity index is 596. The van der Waals surface area contributed by atoms with Crippen molar-refractivity contribution < 1.29 is 0 Å². The summed E-state index contributed by atoms with van der Waals surface area (Å²) in [5.74, 6) is 0. The van der Waals surface area contributed by atoms with Gasteiger partial charge < -0.3 is 4.98 Å². The van der Waals surface area contributed by atoms with Crippen molar-refractivity contribution in [1.82, 2.24) is 4.98 Å². The van der Waals surface area contributed by atoms with Gasteiger partial charge in [0.1, 0.15) is 0 Å². The van der Waals surface area contributed by atoms with Gasteiger partial charge >= 0.3 is 0 Å². The number of H-pyrrole nitrogens is 1. The van der Waals surface area contributed by atoms with Crippen LogP contribution in [0.25, 0.3) is 21.1 Å². The first-order chi connectivity index (χ1) is 8.22. The van der Waals surface area contributed by atoms with Gasteiger partial charge in [0.05, 0.1) is 28.7 Å². The normalized spacial score (nSPS) is 10.9. The molecule has 17 heavy (non-hydrogen) atoms. The van der Waals surface area contributed by atoms with Crippen LogP contribution < -0.4 is 0 Å². The van der Waals surface area contributed by atoms with Crippen molar-refractivity contribution in [2.75, 3.05) is 0 Å². The second-order valence-corrected chi connectivity index (χ2v) is 8.42. The fourth-order valence-corrected chi connectivity index (χ4v) is 4.33. The van der Waals surface area contributed by atoms with Gasteiger partial charge in [0, 0.05) is 0 Å². The number of halogens is 2. The molecule has 86 valence electrons. The van der Waals surface area contributed by atoms with Crippen LogP contribution in [0.1, 0.15) is 0 Å². The number of hydrogen-bond donors (Lipinski definition) is 1. The molecule has 0 radical (unpaired) electrons.